The van der Waals surface area contributed by atoms with Crippen LogP contribution >= 0.6 is 0 Å². The number of nitrogens with one attached hydrogen (secondary N) is 1. The fourth-order valence-corrected chi connectivity index (χ4v) is 2.53. The van der Waals surface area contributed by atoms with Crippen molar-refractivity contribution >= 4 is 0 Å². The SMILES string of the molecule is CC(O)CCN1CCCCC1CNC1CC1. The van der Waals surface area contributed by atoms with Crippen LogP contribution in [0.25, 0.3) is 0 Å². The van der Waals surface area contributed by atoms with Crippen molar-refractivity contribution in [3.05, 3.63) is 0 Å². The maximum absolute atomic E-state index is 9.36. The van der Waals surface area contributed by atoms with Gasteiger partial charge in [-0.3, -0.25) is 4.90 Å². The van der Waals surface area contributed by atoms with Gasteiger partial charge in [-0.2, -0.15) is 0 Å². The predicted molar refractivity (Wildman–Crippen MR) is 66.5 cm³/mol. The normalized spacial score (nSPS) is 29.2. The van der Waals surface area contributed by atoms with Crippen molar-refractivity contribution in [2.45, 2.75) is 63.6 Å². The lowest BCUT2D eigenvalue weighted by molar-refractivity contribution is 0.109. The molecule has 0 aromatic heterocycles. The molecule has 2 N–H and O–H groups in total. The number of hydrogen-bond donors (Lipinski definition) is 2. The fraction of sp³-hybridized carbons (Fsp3) is 1.00. The van der Waals surface area contributed by atoms with Gasteiger partial charge in [0.25, 0.3) is 0 Å². The zero-order valence-electron chi connectivity index (χ0n) is 10.5. The van der Waals surface area contributed by atoms with Crippen molar-refractivity contribution < 1.29 is 5.11 Å². The van der Waals surface area contributed by atoms with Gasteiger partial charge in [-0.1, -0.05) is 6.42 Å². The van der Waals surface area contributed by atoms with Crippen LogP contribution in [-0.2, 0) is 0 Å². The summed E-state index contributed by atoms with van der Waals surface area (Å²) in [4.78, 5) is 2.58. The molecule has 16 heavy (non-hydrogen) atoms. The molecule has 0 amide bonds. The smallest absolute Gasteiger partial charge is 0.0524 e. The van der Waals surface area contributed by atoms with Gasteiger partial charge in [-0.05, 0) is 45.6 Å². The quantitative estimate of drug-likeness (QED) is 0.718. The molecule has 3 heteroatoms. The van der Waals surface area contributed by atoms with Gasteiger partial charge >= 0.3 is 0 Å². The first-order chi connectivity index (χ1) is 7.75. The number of nitrogens with zero attached hydrogens (tertiary/aromatic N) is 1. The molecule has 1 aliphatic carbocycles. The van der Waals surface area contributed by atoms with Crippen LogP contribution in [0.2, 0.25) is 0 Å². The first-order valence-corrected chi connectivity index (χ1v) is 6.91. The van der Waals surface area contributed by atoms with Crippen LogP contribution in [0, 0.1) is 0 Å². The Balaban J connectivity index is 1.71. The van der Waals surface area contributed by atoms with Gasteiger partial charge < -0.3 is 10.4 Å². The zero-order chi connectivity index (χ0) is 11.4. The molecule has 2 rings (SSSR count). The van der Waals surface area contributed by atoms with Crippen LogP contribution in [0.15, 0.2) is 0 Å². The average Bonchev–Trinajstić information content (AvgIpc) is 3.08. The van der Waals surface area contributed by atoms with E-state index in [-0.39, 0.29) is 6.10 Å². The Hall–Kier alpha value is -0.120. The molecule has 2 aliphatic rings. The Morgan fingerprint density at radius 2 is 2.12 bits per heavy atom. The molecule has 0 aromatic carbocycles. The molecule has 94 valence electrons. The number of likely N-dealkylation sites (tertiary alicyclic amines) is 1. The van der Waals surface area contributed by atoms with E-state index in [1.54, 1.807) is 0 Å². The Bertz CT molecular complexity index is 190. The molecular formula is C13H26N2O. The Kier molecular flexibility index (Phi) is 4.62. The molecule has 3 nitrogen and oxygen atoms in total. The summed E-state index contributed by atoms with van der Waals surface area (Å²) in [7, 11) is 0. The molecule has 2 atom stereocenters. The van der Waals surface area contributed by atoms with Crippen molar-refractivity contribution in [3.8, 4) is 0 Å². The molecule has 2 fully saturated rings. The lowest BCUT2D eigenvalue weighted by atomic mass is 10.0. The standard InChI is InChI=1S/C13H26N2O/c1-11(16)7-9-15-8-3-2-4-13(15)10-14-12-5-6-12/h11-14,16H,2-10H2,1H3. The van der Waals surface area contributed by atoms with Crippen molar-refractivity contribution in [3.63, 3.8) is 0 Å². The summed E-state index contributed by atoms with van der Waals surface area (Å²) in [5.41, 5.74) is 0. The van der Waals surface area contributed by atoms with E-state index in [1.165, 1.54) is 38.6 Å². The van der Waals surface area contributed by atoms with Crippen molar-refractivity contribution in [1.29, 1.82) is 0 Å². The summed E-state index contributed by atoms with van der Waals surface area (Å²) >= 11 is 0. The minimum Gasteiger partial charge on any atom is -0.393 e. The number of hydrogen-bond acceptors (Lipinski definition) is 3. The zero-order valence-corrected chi connectivity index (χ0v) is 10.5. The van der Waals surface area contributed by atoms with E-state index in [0.717, 1.165) is 25.6 Å². The lowest BCUT2D eigenvalue weighted by Gasteiger charge is -2.36. The van der Waals surface area contributed by atoms with Gasteiger partial charge in [0.05, 0.1) is 6.10 Å². The highest BCUT2D eigenvalue weighted by molar-refractivity contribution is 4.85. The second-order valence-corrected chi connectivity index (χ2v) is 5.51. The van der Waals surface area contributed by atoms with Crippen molar-refractivity contribution in [1.82, 2.24) is 10.2 Å². The number of piperidine rings is 1. The molecular weight excluding hydrogens is 200 g/mol. The van der Waals surface area contributed by atoms with E-state index in [4.69, 9.17) is 0 Å². The maximum Gasteiger partial charge on any atom is 0.0524 e. The Labute approximate surface area is 99.2 Å². The molecule has 0 bridgehead atoms. The second-order valence-electron chi connectivity index (χ2n) is 5.51. The number of rotatable bonds is 6. The van der Waals surface area contributed by atoms with Crippen molar-refractivity contribution in [2.24, 2.45) is 0 Å². The monoisotopic (exact) mass is 226 g/mol. The topological polar surface area (TPSA) is 35.5 Å². The van der Waals surface area contributed by atoms with Gasteiger partial charge in [-0.25, -0.2) is 0 Å². The molecule has 0 radical (unpaired) electrons. The predicted octanol–water partition coefficient (Wildman–Crippen LogP) is 1.36. The highest BCUT2D eigenvalue weighted by Gasteiger charge is 2.26. The minimum absolute atomic E-state index is 0.154. The van der Waals surface area contributed by atoms with E-state index in [1.807, 2.05) is 6.92 Å². The van der Waals surface area contributed by atoms with Crippen molar-refractivity contribution in [2.75, 3.05) is 19.6 Å². The van der Waals surface area contributed by atoms with E-state index in [2.05, 4.69) is 10.2 Å². The Morgan fingerprint density at radius 1 is 1.31 bits per heavy atom. The highest BCUT2D eigenvalue weighted by Crippen LogP contribution is 2.21. The molecule has 1 saturated carbocycles. The van der Waals surface area contributed by atoms with Gasteiger partial charge in [-0.15, -0.1) is 0 Å². The van der Waals surface area contributed by atoms with E-state index in [9.17, 15) is 5.11 Å². The summed E-state index contributed by atoms with van der Waals surface area (Å²) in [6, 6.07) is 1.54. The lowest BCUT2D eigenvalue weighted by Crippen LogP contribution is -2.46. The first kappa shape index (κ1) is 12.3. The van der Waals surface area contributed by atoms with E-state index < -0.39 is 0 Å². The fourth-order valence-electron chi connectivity index (χ4n) is 2.53. The summed E-state index contributed by atoms with van der Waals surface area (Å²) in [6.45, 7) is 5.34. The van der Waals surface area contributed by atoms with Crippen LogP contribution in [0.3, 0.4) is 0 Å². The number of aliphatic hydroxyl groups is 1. The summed E-state index contributed by atoms with van der Waals surface area (Å²) in [5.74, 6) is 0. The largest absolute Gasteiger partial charge is 0.393 e. The first-order valence-electron chi connectivity index (χ1n) is 6.91. The molecule has 0 aromatic rings. The molecule has 1 heterocycles. The van der Waals surface area contributed by atoms with E-state index in [0.29, 0.717) is 6.04 Å². The maximum atomic E-state index is 9.36. The van der Waals surface area contributed by atoms with Crippen LogP contribution in [0.4, 0.5) is 0 Å². The molecule has 0 spiro atoms. The number of aliphatic hydroxyl groups excluding tert-OH is 1. The molecule has 1 saturated heterocycles. The third-order valence-corrected chi connectivity index (χ3v) is 3.80. The van der Waals surface area contributed by atoms with Gasteiger partial charge in [0.15, 0.2) is 0 Å². The van der Waals surface area contributed by atoms with Crippen LogP contribution < -0.4 is 5.32 Å². The van der Waals surface area contributed by atoms with Crippen LogP contribution in [-0.4, -0.2) is 47.8 Å². The summed E-state index contributed by atoms with van der Waals surface area (Å²) < 4.78 is 0. The second kappa shape index (κ2) is 5.99. The van der Waals surface area contributed by atoms with Crippen LogP contribution in [0.1, 0.15) is 45.4 Å². The molecule has 2 unspecified atom stereocenters. The van der Waals surface area contributed by atoms with Gasteiger partial charge in [0, 0.05) is 25.2 Å². The minimum atomic E-state index is -0.154. The third kappa shape index (κ3) is 4.04. The van der Waals surface area contributed by atoms with E-state index >= 15 is 0 Å². The third-order valence-electron chi connectivity index (χ3n) is 3.80. The van der Waals surface area contributed by atoms with Gasteiger partial charge in [0.2, 0.25) is 0 Å². The van der Waals surface area contributed by atoms with Crippen LogP contribution in [0.5, 0.6) is 0 Å². The Morgan fingerprint density at radius 3 is 2.81 bits per heavy atom. The summed E-state index contributed by atoms with van der Waals surface area (Å²) in [5, 5.41) is 13.0. The summed E-state index contributed by atoms with van der Waals surface area (Å²) in [6.07, 6.45) is 7.56. The highest BCUT2D eigenvalue weighted by atomic mass is 16.3. The molecule has 1 aliphatic heterocycles. The average molecular weight is 226 g/mol. The van der Waals surface area contributed by atoms with Gasteiger partial charge in [0.1, 0.15) is 0 Å².